The molecule has 0 aliphatic heterocycles. The first-order valence-corrected chi connectivity index (χ1v) is 10.0. The van der Waals surface area contributed by atoms with Crippen LogP contribution in [0.15, 0.2) is 34.7 Å². The fourth-order valence-corrected chi connectivity index (χ4v) is 3.65. The minimum Gasteiger partial charge on any atom is -0.497 e. The number of nitrogens with one attached hydrogen (secondary N) is 2. The van der Waals surface area contributed by atoms with Gasteiger partial charge in [-0.1, -0.05) is 23.1 Å². The summed E-state index contributed by atoms with van der Waals surface area (Å²) in [5.74, 6) is 1.29. The monoisotopic (exact) mass is 434 g/mol. The molecule has 0 saturated heterocycles. The number of carbonyl (C=O) groups excluding carboxylic acids is 1. The summed E-state index contributed by atoms with van der Waals surface area (Å²) in [7, 11) is 4.55. The van der Waals surface area contributed by atoms with Crippen molar-refractivity contribution in [2.75, 3.05) is 37.7 Å². The Morgan fingerprint density at radius 2 is 1.72 bits per heavy atom. The summed E-state index contributed by atoms with van der Waals surface area (Å²) in [6.07, 6.45) is 0. The summed E-state index contributed by atoms with van der Waals surface area (Å²) in [6.45, 7) is 0. The molecule has 0 aliphatic rings. The zero-order valence-electron chi connectivity index (χ0n) is 15.8. The van der Waals surface area contributed by atoms with Gasteiger partial charge in [-0.15, -0.1) is 10.2 Å². The molecule has 2 aromatic heterocycles. The van der Waals surface area contributed by atoms with Crippen LogP contribution in [0, 0.1) is 0 Å². The van der Waals surface area contributed by atoms with E-state index in [-0.39, 0.29) is 29.4 Å². The highest BCUT2D eigenvalue weighted by atomic mass is 32.2. The molecule has 10 nitrogen and oxygen atoms in total. The molecule has 3 rings (SSSR count). The first-order valence-electron chi connectivity index (χ1n) is 8.24. The largest absolute Gasteiger partial charge is 0.497 e. The molecule has 0 spiro atoms. The molecule has 3 aromatic rings. The van der Waals surface area contributed by atoms with E-state index >= 15 is 0 Å². The Kier molecular flexibility index (Phi) is 7.03. The molecule has 2 heterocycles. The van der Waals surface area contributed by atoms with Gasteiger partial charge in [0.1, 0.15) is 5.75 Å². The number of aromatic nitrogens is 4. The van der Waals surface area contributed by atoms with Gasteiger partial charge in [0.25, 0.3) is 0 Å². The fourth-order valence-electron chi connectivity index (χ4n) is 2.07. The number of nitrogens with zero attached hydrogens (tertiary/aromatic N) is 4. The second kappa shape index (κ2) is 9.89. The number of benzene rings is 1. The van der Waals surface area contributed by atoms with E-state index in [2.05, 4.69) is 30.8 Å². The summed E-state index contributed by atoms with van der Waals surface area (Å²) in [5, 5.41) is 14.5. The molecule has 29 heavy (non-hydrogen) atoms. The van der Waals surface area contributed by atoms with Crippen molar-refractivity contribution in [2.45, 2.75) is 4.34 Å². The molecule has 12 heteroatoms. The topological polar surface area (TPSA) is 120 Å². The molecule has 2 N–H and O–H groups in total. The van der Waals surface area contributed by atoms with Gasteiger partial charge in [0.15, 0.2) is 4.34 Å². The van der Waals surface area contributed by atoms with Crippen molar-refractivity contribution in [3.05, 3.63) is 30.3 Å². The van der Waals surface area contributed by atoms with Gasteiger partial charge in [-0.05, 0) is 24.3 Å². The van der Waals surface area contributed by atoms with Gasteiger partial charge in [-0.2, -0.15) is 9.97 Å². The highest BCUT2D eigenvalue weighted by molar-refractivity contribution is 8.01. The van der Waals surface area contributed by atoms with Crippen LogP contribution in [0.25, 0.3) is 0 Å². The Bertz CT molecular complexity index is 945. The van der Waals surface area contributed by atoms with Crippen molar-refractivity contribution in [2.24, 2.45) is 0 Å². The maximum absolute atomic E-state index is 12.2. The summed E-state index contributed by atoms with van der Waals surface area (Å²) >= 11 is 2.61. The summed E-state index contributed by atoms with van der Waals surface area (Å²) in [6, 6.07) is 8.97. The average molecular weight is 435 g/mol. The van der Waals surface area contributed by atoms with Crippen molar-refractivity contribution < 1.29 is 19.0 Å². The molecule has 0 fully saturated rings. The molecule has 1 aromatic carbocycles. The number of thioether (sulfide) groups is 1. The van der Waals surface area contributed by atoms with E-state index in [0.717, 1.165) is 11.4 Å². The van der Waals surface area contributed by atoms with Crippen molar-refractivity contribution >= 4 is 45.8 Å². The smallest absolute Gasteiger partial charge is 0.237 e. The zero-order valence-corrected chi connectivity index (χ0v) is 17.5. The molecular weight excluding hydrogens is 416 g/mol. The number of anilines is 3. The van der Waals surface area contributed by atoms with E-state index < -0.39 is 0 Å². The van der Waals surface area contributed by atoms with Crippen LogP contribution in [0.5, 0.6) is 17.5 Å². The summed E-state index contributed by atoms with van der Waals surface area (Å²) in [5.41, 5.74) is 0.861. The second-order valence-corrected chi connectivity index (χ2v) is 7.54. The van der Waals surface area contributed by atoms with Crippen LogP contribution in [0.3, 0.4) is 0 Å². The van der Waals surface area contributed by atoms with Crippen LogP contribution in [-0.4, -0.2) is 53.2 Å². The number of carbonyl (C=O) groups is 1. The van der Waals surface area contributed by atoms with Gasteiger partial charge in [0.05, 0.1) is 33.1 Å². The minimum absolute atomic E-state index is 0.103. The first kappa shape index (κ1) is 20.6. The number of amides is 1. The van der Waals surface area contributed by atoms with Crippen LogP contribution in [0.4, 0.5) is 16.8 Å². The SMILES string of the molecule is COc1ccc(Nc2nnc(SCC(=O)Nc3nc(OC)cc(OC)n3)s2)cc1. The van der Waals surface area contributed by atoms with E-state index in [1.807, 2.05) is 24.3 Å². The third-order valence-electron chi connectivity index (χ3n) is 3.42. The molecule has 0 radical (unpaired) electrons. The molecule has 0 aliphatic carbocycles. The standard InChI is InChI=1S/C17H18N6O4S2/c1-25-11-6-4-10(5-7-11)18-16-22-23-17(29-16)28-9-12(24)19-15-20-13(26-2)8-14(21-15)27-3/h4-8H,9H2,1-3H3,(H,18,22)(H,19,20,21,24). The fraction of sp³-hybridized carbons (Fsp3) is 0.235. The molecular formula is C17H18N6O4S2. The van der Waals surface area contributed by atoms with Gasteiger partial charge in [0.2, 0.25) is 28.7 Å². The van der Waals surface area contributed by atoms with Gasteiger partial charge in [0, 0.05) is 5.69 Å². The molecule has 0 atom stereocenters. The number of methoxy groups -OCH3 is 3. The number of ether oxygens (including phenoxy) is 3. The first-order chi connectivity index (χ1) is 14.1. The lowest BCUT2D eigenvalue weighted by molar-refractivity contribution is -0.113. The van der Waals surface area contributed by atoms with Gasteiger partial charge in [-0.25, -0.2) is 0 Å². The maximum Gasteiger partial charge on any atom is 0.237 e. The molecule has 0 unspecified atom stereocenters. The van der Waals surface area contributed by atoms with Crippen LogP contribution < -0.4 is 24.8 Å². The maximum atomic E-state index is 12.2. The van der Waals surface area contributed by atoms with E-state index in [4.69, 9.17) is 14.2 Å². The Hall–Kier alpha value is -3.12. The Morgan fingerprint density at radius 3 is 2.34 bits per heavy atom. The highest BCUT2D eigenvalue weighted by Gasteiger charge is 2.12. The van der Waals surface area contributed by atoms with Gasteiger partial charge < -0.3 is 19.5 Å². The average Bonchev–Trinajstić information content (AvgIpc) is 3.19. The summed E-state index contributed by atoms with van der Waals surface area (Å²) in [4.78, 5) is 20.3. The predicted molar refractivity (Wildman–Crippen MR) is 111 cm³/mol. The minimum atomic E-state index is -0.287. The van der Waals surface area contributed by atoms with E-state index in [1.165, 1.54) is 43.4 Å². The van der Waals surface area contributed by atoms with E-state index in [9.17, 15) is 4.79 Å². The van der Waals surface area contributed by atoms with E-state index in [0.29, 0.717) is 9.47 Å². The normalized spacial score (nSPS) is 10.3. The van der Waals surface area contributed by atoms with Crippen molar-refractivity contribution in [1.29, 1.82) is 0 Å². The molecule has 1 amide bonds. The van der Waals surface area contributed by atoms with Crippen LogP contribution in [0.2, 0.25) is 0 Å². The lowest BCUT2D eigenvalue weighted by atomic mass is 10.3. The number of hydrogen-bond donors (Lipinski definition) is 2. The van der Waals surface area contributed by atoms with Crippen LogP contribution in [-0.2, 0) is 4.79 Å². The van der Waals surface area contributed by atoms with Crippen molar-refractivity contribution in [1.82, 2.24) is 20.2 Å². The Labute approximate surface area is 175 Å². The van der Waals surface area contributed by atoms with Crippen LogP contribution >= 0.6 is 23.1 Å². The summed E-state index contributed by atoms with van der Waals surface area (Å²) < 4.78 is 15.9. The van der Waals surface area contributed by atoms with Crippen molar-refractivity contribution in [3.8, 4) is 17.5 Å². The third-order valence-corrected chi connectivity index (χ3v) is 5.40. The number of hydrogen-bond acceptors (Lipinski definition) is 11. The number of rotatable bonds is 9. The van der Waals surface area contributed by atoms with Gasteiger partial charge >= 0.3 is 0 Å². The van der Waals surface area contributed by atoms with E-state index in [1.54, 1.807) is 7.11 Å². The van der Waals surface area contributed by atoms with Crippen LogP contribution in [0.1, 0.15) is 0 Å². The Balaban J connectivity index is 1.53. The third kappa shape index (κ3) is 5.93. The zero-order chi connectivity index (χ0) is 20.6. The highest BCUT2D eigenvalue weighted by Crippen LogP contribution is 2.28. The Morgan fingerprint density at radius 1 is 1.03 bits per heavy atom. The molecule has 152 valence electrons. The second-order valence-electron chi connectivity index (χ2n) is 5.34. The van der Waals surface area contributed by atoms with Gasteiger partial charge in [-0.3, -0.25) is 10.1 Å². The predicted octanol–water partition coefficient (Wildman–Crippen LogP) is 2.83. The van der Waals surface area contributed by atoms with Crippen molar-refractivity contribution in [3.63, 3.8) is 0 Å². The lowest BCUT2D eigenvalue weighted by Crippen LogP contribution is -2.16. The quantitative estimate of drug-likeness (QED) is 0.486. The lowest BCUT2D eigenvalue weighted by Gasteiger charge is -2.07. The molecule has 0 bridgehead atoms. The molecule has 0 saturated carbocycles.